The predicted octanol–water partition coefficient (Wildman–Crippen LogP) is 5.44. The fourth-order valence-corrected chi connectivity index (χ4v) is 2.73. The first-order valence-corrected chi connectivity index (χ1v) is 9.11. The molecule has 0 fully saturated rings. The maximum Gasteiger partial charge on any atom is 0.197 e. The van der Waals surface area contributed by atoms with Crippen LogP contribution in [0.25, 0.3) is 22.3 Å². The fraction of sp³-hybridized carbons (Fsp3) is 0.227. The summed E-state index contributed by atoms with van der Waals surface area (Å²) in [6, 6.07) is 11.9. The maximum atomic E-state index is 12.8. The zero-order chi connectivity index (χ0) is 20.1. The van der Waals surface area contributed by atoms with Crippen LogP contribution < -0.4 is 14.9 Å². The average Bonchev–Trinajstić information content (AvgIpc) is 2.66. The highest BCUT2D eigenvalue weighted by molar-refractivity contribution is 6.30. The van der Waals surface area contributed by atoms with Gasteiger partial charge in [0.1, 0.15) is 34.8 Å². The van der Waals surface area contributed by atoms with E-state index in [1.54, 1.807) is 36.4 Å². The number of halogens is 1. The molecule has 1 aromatic heterocycles. The van der Waals surface area contributed by atoms with Gasteiger partial charge in [0.25, 0.3) is 0 Å². The molecule has 146 valence electrons. The molecule has 3 aromatic rings. The Morgan fingerprint density at radius 1 is 1.11 bits per heavy atom. The monoisotopic (exact) mass is 400 g/mol. The Balaban J connectivity index is 2.11. The zero-order valence-corrected chi connectivity index (χ0v) is 16.7. The van der Waals surface area contributed by atoms with E-state index in [0.717, 1.165) is 11.1 Å². The molecular formula is C22H21ClO5. The van der Waals surface area contributed by atoms with Gasteiger partial charge in [0.05, 0.1) is 0 Å². The van der Waals surface area contributed by atoms with Crippen LogP contribution in [0, 0.1) is 0 Å². The van der Waals surface area contributed by atoms with Crippen molar-refractivity contribution in [2.45, 2.75) is 13.8 Å². The third-order valence-corrected chi connectivity index (χ3v) is 4.22. The second kappa shape index (κ2) is 8.95. The minimum atomic E-state index is -0.198. The number of hydrogen-bond acceptors (Lipinski definition) is 5. The van der Waals surface area contributed by atoms with Gasteiger partial charge in [0.2, 0.25) is 0 Å². The van der Waals surface area contributed by atoms with Crippen molar-refractivity contribution < 1.29 is 18.6 Å². The summed E-state index contributed by atoms with van der Waals surface area (Å²) in [4.78, 5) is 12.8. The molecule has 0 bridgehead atoms. The van der Waals surface area contributed by atoms with Crippen LogP contribution in [0.4, 0.5) is 0 Å². The van der Waals surface area contributed by atoms with E-state index >= 15 is 0 Å². The van der Waals surface area contributed by atoms with Crippen molar-refractivity contribution >= 4 is 22.6 Å². The Hall–Kier alpha value is -2.76. The lowest BCUT2D eigenvalue weighted by molar-refractivity contribution is 0.0510. The summed E-state index contributed by atoms with van der Waals surface area (Å²) in [5.41, 5.74) is 2.04. The highest BCUT2D eigenvalue weighted by Gasteiger charge is 2.14. The largest absolute Gasteiger partial charge is 0.488 e. The van der Waals surface area contributed by atoms with Crippen LogP contribution in [0.15, 0.2) is 63.3 Å². The van der Waals surface area contributed by atoms with Gasteiger partial charge < -0.3 is 18.6 Å². The van der Waals surface area contributed by atoms with E-state index in [1.807, 2.05) is 19.9 Å². The smallest absolute Gasteiger partial charge is 0.197 e. The van der Waals surface area contributed by atoms with Crippen LogP contribution in [0.2, 0.25) is 5.02 Å². The number of fused-ring (bicyclic) bond motifs is 1. The summed E-state index contributed by atoms with van der Waals surface area (Å²) in [5, 5.41) is 0.974. The second-order valence-electron chi connectivity index (χ2n) is 6.42. The van der Waals surface area contributed by atoms with Crippen LogP contribution in [0.1, 0.15) is 13.8 Å². The quantitative estimate of drug-likeness (QED) is 0.390. The Kier molecular flexibility index (Phi) is 6.39. The Morgan fingerprint density at radius 3 is 2.54 bits per heavy atom. The van der Waals surface area contributed by atoms with Crippen molar-refractivity contribution in [1.82, 2.24) is 0 Å². The van der Waals surface area contributed by atoms with E-state index in [4.69, 9.17) is 30.2 Å². The molecule has 0 saturated heterocycles. The zero-order valence-electron chi connectivity index (χ0n) is 16.0. The molecule has 0 radical (unpaired) electrons. The molecule has 0 N–H and O–H groups in total. The van der Waals surface area contributed by atoms with Gasteiger partial charge in [-0.2, -0.15) is 0 Å². The SMILES string of the molecule is COCOc1cc(OCC=C(C)C)c2c(=O)cc(-c3ccc(Cl)cc3)oc2c1. The molecule has 0 atom stereocenters. The first-order chi connectivity index (χ1) is 13.5. The minimum absolute atomic E-state index is 0.0695. The Labute approximate surface area is 168 Å². The summed E-state index contributed by atoms with van der Waals surface area (Å²) in [5.74, 6) is 1.32. The number of methoxy groups -OCH3 is 1. The maximum absolute atomic E-state index is 12.8. The van der Waals surface area contributed by atoms with Crippen LogP contribution in [-0.2, 0) is 4.74 Å². The topological polar surface area (TPSA) is 57.9 Å². The molecule has 6 heteroatoms. The van der Waals surface area contributed by atoms with Crippen LogP contribution in [0.5, 0.6) is 11.5 Å². The van der Waals surface area contributed by atoms with E-state index in [2.05, 4.69) is 0 Å². The predicted molar refractivity (Wildman–Crippen MR) is 110 cm³/mol. The second-order valence-corrected chi connectivity index (χ2v) is 6.86. The van der Waals surface area contributed by atoms with Crippen LogP contribution in [0.3, 0.4) is 0 Å². The van der Waals surface area contributed by atoms with Gasteiger partial charge in [-0.05, 0) is 44.2 Å². The van der Waals surface area contributed by atoms with E-state index in [0.29, 0.717) is 39.9 Å². The molecule has 1 heterocycles. The van der Waals surface area contributed by atoms with Crippen molar-refractivity contribution in [1.29, 1.82) is 0 Å². The summed E-state index contributed by atoms with van der Waals surface area (Å²) >= 11 is 5.94. The Bertz CT molecular complexity index is 1050. The minimum Gasteiger partial charge on any atom is -0.488 e. The molecule has 0 amide bonds. The first kappa shape index (κ1) is 20.0. The first-order valence-electron chi connectivity index (χ1n) is 8.73. The molecule has 2 aromatic carbocycles. The van der Waals surface area contributed by atoms with E-state index < -0.39 is 0 Å². The molecular weight excluding hydrogens is 380 g/mol. The van der Waals surface area contributed by atoms with Gasteiger partial charge in [-0.3, -0.25) is 4.79 Å². The molecule has 0 spiro atoms. The van der Waals surface area contributed by atoms with Gasteiger partial charge in [0, 0.05) is 35.9 Å². The summed E-state index contributed by atoms with van der Waals surface area (Å²) < 4.78 is 22.3. The molecule has 28 heavy (non-hydrogen) atoms. The fourth-order valence-electron chi connectivity index (χ4n) is 2.61. The number of benzene rings is 2. The normalized spacial score (nSPS) is 10.7. The van der Waals surface area contributed by atoms with Gasteiger partial charge in [0.15, 0.2) is 12.2 Å². The third kappa shape index (κ3) is 4.74. The number of rotatable bonds is 7. The van der Waals surface area contributed by atoms with E-state index in [1.165, 1.54) is 13.2 Å². The van der Waals surface area contributed by atoms with Crippen molar-refractivity contribution in [3.05, 3.63) is 69.4 Å². The van der Waals surface area contributed by atoms with Gasteiger partial charge in [-0.1, -0.05) is 17.2 Å². The van der Waals surface area contributed by atoms with E-state index in [-0.39, 0.29) is 12.2 Å². The van der Waals surface area contributed by atoms with Crippen LogP contribution >= 0.6 is 11.6 Å². The molecule has 5 nitrogen and oxygen atoms in total. The van der Waals surface area contributed by atoms with Crippen molar-refractivity contribution in [3.8, 4) is 22.8 Å². The molecule has 0 unspecified atom stereocenters. The molecule has 0 aliphatic heterocycles. The standard InChI is InChI=1S/C22H21ClO5/c1-14(2)8-9-26-20-10-17(27-13-25-3)11-21-22(20)18(24)12-19(28-21)15-4-6-16(23)7-5-15/h4-8,10-12H,9,13H2,1-3H3. The molecule has 3 rings (SSSR count). The third-order valence-electron chi connectivity index (χ3n) is 3.97. The van der Waals surface area contributed by atoms with Crippen molar-refractivity contribution in [3.63, 3.8) is 0 Å². The van der Waals surface area contributed by atoms with E-state index in [9.17, 15) is 4.79 Å². The van der Waals surface area contributed by atoms with Gasteiger partial charge in [-0.25, -0.2) is 0 Å². The number of ether oxygens (including phenoxy) is 3. The highest BCUT2D eigenvalue weighted by atomic mass is 35.5. The number of allylic oxidation sites excluding steroid dienone is 1. The van der Waals surface area contributed by atoms with Crippen molar-refractivity contribution in [2.75, 3.05) is 20.5 Å². The van der Waals surface area contributed by atoms with Crippen LogP contribution in [-0.4, -0.2) is 20.5 Å². The summed E-state index contributed by atoms with van der Waals surface area (Å²) in [7, 11) is 1.53. The highest BCUT2D eigenvalue weighted by Crippen LogP contribution is 2.32. The van der Waals surface area contributed by atoms with Crippen molar-refractivity contribution in [2.24, 2.45) is 0 Å². The molecule has 0 aliphatic carbocycles. The summed E-state index contributed by atoms with van der Waals surface area (Å²) in [6.45, 7) is 4.36. The summed E-state index contributed by atoms with van der Waals surface area (Å²) in [6.07, 6.45) is 1.93. The number of hydrogen-bond donors (Lipinski definition) is 0. The lowest BCUT2D eigenvalue weighted by atomic mass is 10.1. The lowest BCUT2D eigenvalue weighted by Gasteiger charge is -2.12. The molecule has 0 saturated carbocycles. The lowest BCUT2D eigenvalue weighted by Crippen LogP contribution is -2.06. The molecule has 0 aliphatic rings. The van der Waals surface area contributed by atoms with Gasteiger partial charge >= 0.3 is 0 Å². The Morgan fingerprint density at radius 2 is 1.86 bits per heavy atom. The average molecular weight is 401 g/mol. The van der Waals surface area contributed by atoms with Gasteiger partial charge in [-0.15, -0.1) is 0 Å².